The fourth-order valence-electron chi connectivity index (χ4n) is 2.67. The summed E-state index contributed by atoms with van der Waals surface area (Å²) in [6.07, 6.45) is 1.51. The first-order chi connectivity index (χ1) is 10.5. The minimum atomic E-state index is -0.0245. The summed E-state index contributed by atoms with van der Waals surface area (Å²) < 4.78 is 1.93. The second-order valence-electron chi connectivity index (χ2n) is 5.80. The van der Waals surface area contributed by atoms with Crippen molar-refractivity contribution in [3.63, 3.8) is 0 Å². The Balaban J connectivity index is 2.61. The zero-order valence-electron chi connectivity index (χ0n) is 14.1. The number of nitrogens with one attached hydrogen (secondary N) is 1. The van der Waals surface area contributed by atoms with Gasteiger partial charge in [-0.15, -0.1) is 0 Å². The number of aryl methyl sites for hydroxylation is 2. The van der Waals surface area contributed by atoms with Crippen molar-refractivity contribution < 1.29 is 4.79 Å². The molecule has 2 aromatic rings. The molecule has 0 aliphatic heterocycles. The van der Waals surface area contributed by atoms with Gasteiger partial charge in [-0.25, -0.2) is 4.68 Å². The van der Waals surface area contributed by atoms with E-state index in [1.54, 1.807) is 0 Å². The molecule has 0 spiro atoms. The molecule has 2 rings (SSSR count). The molecule has 1 heterocycles. The zero-order valence-corrected chi connectivity index (χ0v) is 14.1. The van der Waals surface area contributed by atoms with Gasteiger partial charge in [-0.05, 0) is 45.2 Å². The Hall–Kier alpha value is -2.10. The fraction of sp³-hybridized carbons (Fsp3) is 0.444. The van der Waals surface area contributed by atoms with Crippen LogP contribution in [0.4, 0.5) is 0 Å². The summed E-state index contributed by atoms with van der Waals surface area (Å²) in [6, 6.07) is 8.24. The zero-order chi connectivity index (χ0) is 16.3. The summed E-state index contributed by atoms with van der Waals surface area (Å²) in [5.41, 5.74) is 4.76. The summed E-state index contributed by atoms with van der Waals surface area (Å²) in [7, 11) is 0. The van der Waals surface area contributed by atoms with Gasteiger partial charge in [0.05, 0.1) is 22.6 Å². The molecule has 0 aliphatic rings. The highest BCUT2D eigenvalue weighted by Gasteiger charge is 2.23. The van der Waals surface area contributed by atoms with E-state index < -0.39 is 0 Å². The Morgan fingerprint density at radius 3 is 2.45 bits per heavy atom. The first kappa shape index (κ1) is 16.3. The van der Waals surface area contributed by atoms with Crippen molar-refractivity contribution in [3.8, 4) is 5.69 Å². The maximum atomic E-state index is 12.6. The van der Waals surface area contributed by atoms with Gasteiger partial charge in [0.15, 0.2) is 0 Å². The lowest BCUT2D eigenvalue weighted by Crippen LogP contribution is -2.31. The monoisotopic (exact) mass is 299 g/mol. The maximum absolute atomic E-state index is 12.6. The van der Waals surface area contributed by atoms with Crippen LogP contribution in [0.25, 0.3) is 5.69 Å². The second kappa shape index (κ2) is 6.77. The van der Waals surface area contributed by atoms with Crippen molar-refractivity contribution in [1.29, 1.82) is 0 Å². The quantitative estimate of drug-likeness (QED) is 0.919. The van der Waals surface area contributed by atoms with Gasteiger partial charge in [-0.1, -0.05) is 32.0 Å². The maximum Gasteiger partial charge on any atom is 0.255 e. The molecular formula is C18H25N3O. The van der Waals surface area contributed by atoms with Gasteiger partial charge in [0.25, 0.3) is 5.91 Å². The number of carbonyl (C=O) groups is 1. The summed E-state index contributed by atoms with van der Waals surface area (Å²) in [6.45, 7) is 10.1. The molecule has 0 fully saturated rings. The number of benzene rings is 1. The molecule has 0 atom stereocenters. The molecule has 118 valence electrons. The molecule has 1 amide bonds. The minimum Gasteiger partial charge on any atom is -0.350 e. The van der Waals surface area contributed by atoms with Gasteiger partial charge in [-0.2, -0.15) is 5.10 Å². The number of para-hydroxylation sites is 1. The lowest BCUT2D eigenvalue weighted by atomic mass is 10.1. The van der Waals surface area contributed by atoms with Crippen molar-refractivity contribution in [2.24, 2.45) is 0 Å². The van der Waals surface area contributed by atoms with E-state index in [1.807, 2.05) is 43.7 Å². The van der Waals surface area contributed by atoms with Crippen LogP contribution in [0, 0.1) is 6.92 Å². The van der Waals surface area contributed by atoms with Gasteiger partial charge in [-0.3, -0.25) is 4.79 Å². The molecule has 1 aromatic heterocycles. The van der Waals surface area contributed by atoms with Crippen LogP contribution >= 0.6 is 0 Å². The number of hydrogen-bond acceptors (Lipinski definition) is 2. The molecule has 0 bridgehead atoms. The molecule has 0 saturated heterocycles. The van der Waals surface area contributed by atoms with Crippen molar-refractivity contribution in [2.75, 3.05) is 0 Å². The van der Waals surface area contributed by atoms with Crippen molar-refractivity contribution in [1.82, 2.24) is 15.1 Å². The van der Waals surface area contributed by atoms with Crippen LogP contribution in [0.15, 0.2) is 24.3 Å². The number of nitrogens with zero attached hydrogens (tertiary/aromatic N) is 2. The molecular weight excluding hydrogens is 274 g/mol. The Labute approximate surface area is 132 Å². The fourth-order valence-corrected chi connectivity index (χ4v) is 2.67. The normalized spacial score (nSPS) is 11.0. The van der Waals surface area contributed by atoms with Crippen LogP contribution in [0.5, 0.6) is 0 Å². The first-order valence-corrected chi connectivity index (χ1v) is 7.97. The molecule has 0 saturated carbocycles. The second-order valence-corrected chi connectivity index (χ2v) is 5.80. The van der Waals surface area contributed by atoms with Crippen LogP contribution < -0.4 is 5.32 Å². The van der Waals surface area contributed by atoms with E-state index in [9.17, 15) is 4.79 Å². The Morgan fingerprint density at radius 1 is 1.23 bits per heavy atom. The van der Waals surface area contributed by atoms with Crippen molar-refractivity contribution >= 4 is 5.91 Å². The molecule has 1 N–H and O–H groups in total. The predicted molar refractivity (Wildman–Crippen MR) is 89.7 cm³/mol. The van der Waals surface area contributed by atoms with Crippen LogP contribution in [0.3, 0.4) is 0 Å². The topological polar surface area (TPSA) is 46.9 Å². The minimum absolute atomic E-state index is 0.0245. The lowest BCUT2D eigenvalue weighted by Gasteiger charge is -2.12. The molecule has 4 heteroatoms. The molecule has 4 nitrogen and oxygen atoms in total. The van der Waals surface area contributed by atoms with E-state index in [0.29, 0.717) is 0 Å². The Kier molecular flexibility index (Phi) is 5.01. The summed E-state index contributed by atoms with van der Waals surface area (Å²) in [5, 5.41) is 7.71. The highest BCUT2D eigenvalue weighted by atomic mass is 16.1. The van der Waals surface area contributed by atoms with E-state index in [0.717, 1.165) is 41.0 Å². The molecule has 1 aromatic carbocycles. The molecule has 0 radical (unpaired) electrons. The molecule has 0 unspecified atom stereocenters. The average molecular weight is 299 g/mol. The van der Waals surface area contributed by atoms with Gasteiger partial charge in [0.1, 0.15) is 0 Å². The standard InChI is InChI=1S/C18H25N3O/c1-6-14-17(18(22)19-12(3)4)15(7-2)21(20-14)16-11-9-8-10-13(16)5/h8-12H,6-7H2,1-5H3,(H,19,22). The third-order valence-electron chi connectivity index (χ3n) is 3.71. The number of aromatic nitrogens is 2. The summed E-state index contributed by atoms with van der Waals surface area (Å²) in [4.78, 5) is 12.6. The average Bonchev–Trinajstić information content (AvgIpc) is 2.85. The van der Waals surface area contributed by atoms with Gasteiger partial charge in [0, 0.05) is 6.04 Å². The van der Waals surface area contributed by atoms with E-state index >= 15 is 0 Å². The Morgan fingerprint density at radius 2 is 1.91 bits per heavy atom. The van der Waals surface area contributed by atoms with E-state index in [-0.39, 0.29) is 11.9 Å². The van der Waals surface area contributed by atoms with Crippen LogP contribution in [0.2, 0.25) is 0 Å². The van der Waals surface area contributed by atoms with Crippen LogP contribution in [-0.2, 0) is 12.8 Å². The van der Waals surface area contributed by atoms with Crippen LogP contribution in [-0.4, -0.2) is 21.7 Å². The third-order valence-corrected chi connectivity index (χ3v) is 3.71. The molecule has 0 aliphatic carbocycles. The summed E-state index contributed by atoms with van der Waals surface area (Å²) >= 11 is 0. The van der Waals surface area contributed by atoms with Crippen LogP contribution in [0.1, 0.15) is 55.0 Å². The summed E-state index contributed by atoms with van der Waals surface area (Å²) in [5.74, 6) is -0.0245. The Bertz CT molecular complexity index is 671. The predicted octanol–water partition coefficient (Wildman–Crippen LogP) is 3.44. The van der Waals surface area contributed by atoms with Gasteiger partial charge < -0.3 is 5.32 Å². The first-order valence-electron chi connectivity index (χ1n) is 7.97. The molecule has 22 heavy (non-hydrogen) atoms. The van der Waals surface area contributed by atoms with Gasteiger partial charge >= 0.3 is 0 Å². The number of amides is 1. The van der Waals surface area contributed by atoms with Gasteiger partial charge in [0.2, 0.25) is 0 Å². The van der Waals surface area contributed by atoms with E-state index in [2.05, 4.69) is 25.2 Å². The lowest BCUT2D eigenvalue weighted by molar-refractivity contribution is 0.0941. The van der Waals surface area contributed by atoms with E-state index in [1.165, 1.54) is 0 Å². The SMILES string of the molecule is CCc1nn(-c2ccccc2C)c(CC)c1C(=O)NC(C)C. The highest BCUT2D eigenvalue weighted by Crippen LogP contribution is 2.22. The number of rotatable bonds is 5. The third kappa shape index (κ3) is 3.06. The smallest absolute Gasteiger partial charge is 0.255 e. The largest absolute Gasteiger partial charge is 0.350 e. The highest BCUT2D eigenvalue weighted by molar-refractivity contribution is 5.96. The number of carbonyl (C=O) groups excluding carboxylic acids is 1. The van der Waals surface area contributed by atoms with Crippen molar-refractivity contribution in [2.45, 2.75) is 53.5 Å². The van der Waals surface area contributed by atoms with E-state index in [4.69, 9.17) is 5.10 Å². The van der Waals surface area contributed by atoms with Crippen molar-refractivity contribution in [3.05, 3.63) is 46.8 Å². The number of hydrogen-bond donors (Lipinski definition) is 1.